The molecule has 13 heavy (non-hydrogen) atoms. The van der Waals surface area contributed by atoms with E-state index in [4.69, 9.17) is 0 Å². The molecule has 2 rings (SSSR count). The van der Waals surface area contributed by atoms with Crippen molar-refractivity contribution in [3.05, 3.63) is 11.1 Å². The van der Waals surface area contributed by atoms with E-state index in [2.05, 4.69) is 4.74 Å². The smallest absolute Gasteiger partial charge is 0.341 e. The standard InChI is InChI=1S/C9H8O4/c10-6-1-2-7-5(3-6)4-8(11)13-9(7)12/h1-4H2. The lowest BCUT2D eigenvalue weighted by Crippen LogP contribution is -2.26. The Morgan fingerprint density at radius 3 is 2.54 bits per heavy atom. The highest BCUT2D eigenvalue weighted by molar-refractivity contribution is 6.03. The lowest BCUT2D eigenvalue weighted by Gasteiger charge is -2.21. The number of rotatable bonds is 0. The van der Waals surface area contributed by atoms with Crippen LogP contribution in [0.1, 0.15) is 25.7 Å². The fourth-order valence-electron chi connectivity index (χ4n) is 1.67. The van der Waals surface area contributed by atoms with Crippen LogP contribution < -0.4 is 0 Å². The Hall–Kier alpha value is -1.45. The third kappa shape index (κ3) is 1.39. The van der Waals surface area contributed by atoms with Gasteiger partial charge in [-0.1, -0.05) is 0 Å². The van der Waals surface area contributed by atoms with Crippen LogP contribution in [0.15, 0.2) is 11.1 Å². The van der Waals surface area contributed by atoms with E-state index in [1.165, 1.54) is 0 Å². The summed E-state index contributed by atoms with van der Waals surface area (Å²) in [5, 5.41) is 0. The minimum Gasteiger partial charge on any atom is -0.389 e. The summed E-state index contributed by atoms with van der Waals surface area (Å²) in [5.74, 6) is -1.00. The zero-order valence-electron chi connectivity index (χ0n) is 6.96. The molecule has 0 bridgehead atoms. The van der Waals surface area contributed by atoms with Crippen LogP contribution in [0.5, 0.6) is 0 Å². The average molecular weight is 180 g/mol. The molecular weight excluding hydrogens is 172 g/mol. The predicted octanol–water partition coefficient (Wildman–Crippen LogP) is 0.509. The van der Waals surface area contributed by atoms with Gasteiger partial charge in [0.05, 0.1) is 6.42 Å². The first-order valence-electron chi connectivity index (χ1n) is 4.14. The van der Waals surface area contributed by atoms with Gasteiger partial charge in [-0.05, 0) is 12.0 Å². The number of cyclic esters (lactones) is 2. The second kappa shape index (κ2) is 2.80. The van der Waals surface area contributed by atoms with Crippen molar-refractivity contribution in [3.8, 4) is 0 Å². The largest absolute Gasteiger partial charge is 0.389 e. The van der Waals surface area contributed by atoms with Crippen LogP contribution >= 0.6 is 0 Å². The van der Waals surface area contributed by atoms with Crippen molar-refractivity contribution in [2.75, 3.05) is 0 Å². The van der Waals surface area contributed by atoms with Gasteiger partial charge in [0.25, 0.3) is 0 Å². The average Bonchev–Trinajstić information content (AvgIpc) is 2.02. The molecule has 0 saturated carbocycles. The number of esters is 2. The maximum absolute atomic E-state index is 11.1. The quantitative estimate of drug-likeness (QED) is 0.402. The van der Waals surface area contributed by atoms with E-state index in [0.717, 1.165) is 0 Å². The van der Waals surface area contributed by atoms with Crippen LogP contribution in [0.25, 0.3) is 0 Å². The van der Waals surface area contributed by atoms with E-state index in [1.54, 1.807) is 0 Å². The summed E-state index contributed by atoms with van der Waals surface area (Å²) < 4.78 is 4.44. The molecule has 2 aliphatic rings. The van der Waals surface area contributed by atoms with E-state index < -0.39 is 11.9 Å². The van der Waals surface area contributed by atoms with Crippen LogP contribution in [-0.2, 0) is 19.1 Å². The van der Waals surface area contributed by atoms with Gasteiger partial charge in [0.15, 0.2) is 0 Å². The number of hydrogen-bond donors (Lipinski definition) is 0. The van der Waals surface area contributed by atoms with Gasteiger partial charge >= 0.3 is 11.9 Å². The van der Waals surface area contributed by atoms with Crippen molar-refractivity contribution in [2.45, 2.75) is 25.7 Å². The molecule has 68 valence electrons. The number of carbonyl (C=O) groups is 3. The fourth-order valence-corrected chi connectivity index (χ4v) is 1.67. The number of carbonyl (C=O) groups excluding carboxylic acids is 3. The molecule has 0 aromatic carbocycles. The fraction of sp³-hybridized carbons (Fsp3) is 0.444. The van der Waals surface area contributed by atoms with Crippen molar-refractivity contribution in [2.24, 2.45) is 0 Å². The monoisotopic (exact) mass is 180 g/mol. The molecule has 0 saturated heterocycles. The van der Waals surface area contributed by atoms with Gasteiger partial charge in [-0.25, -0.2) is 4.79 Å². The van der Waals surface area contributed by atoms with E-state index >= 15 is 0 Å². The van der Waals surface area contributed by atoms with Crippen LogP contribution in [0, 0.1) is 0 Å². The Kier molecular flexibility index (Phi) is 1.76. The SMILES string of the molecule is O=C1CCC2=C(C1)CC(=O)OC2=O. The molecule has 0 N–H and O–H groups in total. The van der Waals surface area contributed by atoms with Crippen LogP contribution in [0.4, 0.5) is 0 Å². The molecule has 0 aromatic rings. The molecule has 0 fully saturated rings. The molecule has 4 heteroatoms. The van der Waals surface area contributed by atoms with Crippen LogP contribution in [0.2, 0.25) is 0 Å². The van der Waals surface area contributed by atoms with Gasteiger partial charge in [-0.15, -0.1) is 0 Å². The highest BCUT2D eigenvalue weighted by Gasteiger charge is 2.31. The summed E-state index contributed by atoms with van der Waals surface area (Å²) in [6.07, 6.45) is 1.17. The molecular formula is C9H8O4. The van der Waals surface area contributed by atoms with Gasteiger partial charge in [0.2, 0.25) is 0 Å². The van der Waals surface area contributed by atoms with E-state index in [0.29, 0.717) is 24.0 Å². The third-order valence-electron chi connectivity index (χ3n) is 2.30. The molecule has 0 amide bonds. The molecule has 0 aromatic heterocycles. The molecule has 0 unspecified atom stereocenters. The second-order valence-electron chi connectivity index (χ2n) is 3.24. The first-order chi connectivity index (χ1) is 6.16. The Labute approximate surface area is 74.6 Å². The van der Waals surface area contributed by atoms with E-state index in [-0.39, 0.29) is 18.6 Å². The van der Waals surface area contributed by atoms with Crippen molar-refractivity contribution in [1.82, 2.24) is 0 Å². The molecule has 1 heterocycles. The van der Waals surface area contributed by atoms with Gasteiger partial charge in [-0.3, -0.25) is 9.59 Å². The Morgan fingerprint density at radius 1 is 1.00 bits per heavy atom. The Bertz CT molecular complexity index is 334. The second-order valence-corrected chi connectivity index (χ2v) is 3.24. The van der Waals surface area contributed by atoms with E-state index in [9.17, 15) is 14.4 Å². The molecule has 1 aliphatic carbocycles. The van der Waals surface area contributed by atoms with Gasteiger partial charge in [-0.2, -0.15) is 0 Å². The minimum atomic E-state index is -0.557. The maximum Gasteiger partial charge on any atom is 0.341 e. The van der Waals surface area contributed by atoms with Crippen molar-refractivity contribution in [1.29, 1.82) is 0 Å². The lowest BCUT2D eigenvalue weighted by atomic mass is 9.88. The van der Waals surface area contributed by atoms with Crippen molar-refractivity contribution >= 4 is 17.7 Å². The van der Waals surface area contributed by atoms with E-state index in [1.807, 2.05) is 0 Å². The highest BCUT2D eigenvalue weighted by Crippen LogP contribution is 2.29. The molecule has 0 spiro atoms. The van der Waals surface area contributed by atoms with Gasteiger partial charge in [0, 0.05) is 18.4 Å². The summed E-state index contributed by atoms with van der Waals surface area (Å²) in [5.41, 5.74) is 1.21. The third-order valence-corrected chi connectivity index (χ3v) is 2.30. The Morgan fingerprint density at radius 2 is 1.77 bits per heavy atom. The highest BCUT2D eigenvalue weighted by atomic mass is 16.6. The summed E-state index contributed by atoms with van der Waals surface area (Å²) in [4.78, 5) is 33.0. The number of ether oxygens (including phenoxy) is 1. The molecule has 0 radical (unpaired) electrons. The Balaban J connectivity index is 2.34. The summed E-state index contributed by atoms with van der Waals surface area (Å²) in [7, 11) is 0. The normalized spacial score (nSPS) is 22.9. The molecule has 4 nitrogen and oxygen atoms in total. The van der Waals surface area contributed by atoms with Crippen LogP contribution in [0.3, 0.4) is 0 Å². The number of Topliss-reactive ketones (excluding diaryl/α,β-unsaturated/α-hetero) is 1. The van der Waals surface area contributed by atoms with Gasteiger partial charge in [0.1, 0.15) is 5.78 Å². The van der Waals surface area contributed by atoms with Crippen LogP contribution in [-0.4, -0.2) is 17.7 Å². The minimum absolute atomic E-state index is 0.0984. The zero-order chi connectivity index (χ0) is 9.42. The van der Waals surface area contributed by atoms with Crippen molar-refractivity contribution < 1.29 is 19.1 Å². The number of hydrogen-bond acceptors (Lipinski definition) is 4. The topological polar surface area (TPSA) is 60.4 Å². The molecule has 1 aliphatic heterocycles. The van der Waals surface area contributed by atoms with Gasteiger partial charge < -0.3 is 4.74 Å². The zero-order valence-corrected chi connectivity index (χ0v) is 6.96. The summed E-state index contributed by atoms with van der Waals surface area (Å²) >= 11 is 0. The maximum atomic E-state index is 11.1. The summed E-state index contributed by atoms with van der Waals surface area (Å²) in [6, 6.07) is 0. The number of ketones is 1. The summed E-state index contributed by atoms with van der Waals surface area (Å²) in [6.45, 7) is 0. The lowest BCUT2D eigenvalue weighted by molar-refractivity contribution is -0.158. The van der Waals surface area contributed by atoms with Crippen molar-refractivity contribution in [3.63, 3.8) is 0 Å². The first kappa shape index (κ1) is 8.16. The first-order valence-corrected chi connectivity index (χ1v) is 4.14. The predicted molar refractivity (Wildman–Crippen MR) is 41.6 cm³/mol. The molecule has 0 atom stereocenters.